The second-order valence-electron chi connectivity index (χ2n) is 6.83. The summed E-state index contributed by atoms with van der Waals surface area (Å²) in [6.45, 7) is 6.08. The average molecular weight is 334 g/mol. The Morgan fingerprint density at radius 2 is 2.04 bits per heavy atom. The molecule has 1 amide bonds. The summed E-state index contributed by atoms with van der Waals surface area (Å²) in [5.41, 5.74) is 7.98. The molecule has 0 saturated carbocycles. The van der Waals surface area contributed by atoms with E-state index in [1.165, 1.54) is 0 Å². The van der Waals surface area contributed by atoms with Crippen LogP contribution in [0.15, 0.2) is 40.9 Å². The van der Waals surface area contributed by atoms with Gasteiger partial charge in [-0.25, -0.2) is 4.98 Å². The Kier molecular flexibility index (Phi) is 3.93. The van der Waals surface area contributed by atoms with Crippen LogP contribution in [-0.2, 0) is 5.41 Å². The molecule has 0 fully saturated rings. The van der Waals surface area contributed by atoms with Gasteiger partial charge in [0.05, 0.1) is 6.20 Å². The van der Waals surface area contributed by atoms with Gasteiger partial charge in [0, 0.05) is 22.7 Å². The molecule has 2 aromatic heterocycles. The zero-order valence-electron chi connectivity index (χ0n) is 14.3. The number of nitrogens with one attached hydrogen (secondary N) is 1. The predicted molar refractivity (Wildman–Crippen MR) is 95.7 cm³/mol. The molecule has 3 aromatic rings. The van der Waals surface area contributed by atoms with Gasteiger partial charge >= 0.3 is 0 Å². The number of benzene rings is 1. The van der Waals surface area contributed by atoms with Crippen LogP contribution in [0.3, 0.4) is 0 Å². The van der Waals surface area contributed by atoms with E-state index in [0.29, 0.717) is 17.0 Å². The topological polar surface area (TPSA) is 105 Å². The Labute approximate surface area is 145 Å². The SMILES string of the molecule is CC(C)(C)c1cc(Nc2cc3cc(C#N)oc3cn2)ccc1C(N)=O. The Hall–Kier alpha value is -3.33. The van der Waals surface area contributed by atoms with Crippen LogP contribution in [-0.4, -0.2) is 10.9 Å². The van der Waals surface area contributed by atoms with Crippen LogP contribution in [0.5, 0.6) is 0 Å². The normalized spacial score (nSPS) is 11.3. The summed E-state index contributed by atoms with van der Waals surface area (Å²) < 4.78 is 5.33. The number of anilines is 2. The molecule has 25 heavy (non-hydrogen) atoms. The molecule has 0 radical (unpaired) electrons. The number of fused-ring (bicyclic) bond motifs is 1. The van der Waals surface area contributed by atoms with Gasteiger partial charge in [-0.05, 0) is 35.2 Å². The smallest absolute Gasteiger partial charge is 0.248 e. The first-order valence-corrected chi connectivity index (χ1v) is 7.79. The number of hydrogen-bond donors (Lipinski definition) is 2. The number of carbonyl (C=O) groups excluding carboxylic acids is 1. The largest absolute Gasteiger partial charge is 0.444 e. The summed E-state index contributed by atoms with van der Waals surface area (Å²) in [4.78, 5) is 16.0. The van der Waals surface area contributed by atoms with E-state index in [0.717, 1.165) is 16.6 Å². The van der Waals surface area contributed by atoms with Crippen LogP contribution in [0, 0.1) is 11.3 Å². The standard InChI is InChI=1S/C19H18N4O2/c1-19(2,3)15-8-12(4-5-14(15)18(21)24)23-17-7-11-6-13(9-20)25-16(11)10-22-17/h4-8,10H,1-3H3,(H2,21,24)(H,22,23). The van der Waals surface area contributed by atoms with Crippen LogP contribution in [0.4, 0.5) is 11.5 Å². The van der Waals surface area contributed by atoms with E-state index in [2.05, 4.69) is 10.3 Å². The minimum atomic E-state index is -0.446. The zero-order chi connectivity index (χ0) is 18.2. The van der Waals surface area contributed by atoms with Gasteiger partial charge in [-0.15, -0.1) is 0 Å². The van der Waals surface area contributed by atoms with Crippen molar-refractivity contribution in [2.45, 2.75) is 26.2 Å². The number of hydrogen-bond acceptors (Lipinski definition) is 5. The summed E-state index contributed by atoms with van der Waals surface area (Å²) in [6.07, 6.45) is 1.57. The van der Waals surface area contributed by atoms with Crippen molar-refractivity contribution in [1.82, 2.24) is 4.98 Å². The molecular formula is C19H18N4O2. The van der Waals surface area contributed by atoms with E-state index in [9.17, 15) is 4.79 Å². The van der Waals surface area contributed by atoms with Crippen LogP contribution in [0.25, 0.3) is 11.0 Å². The van der Waals surface area contributed by atoms with Crippen molar-refractivity contribution in [2.75, 3.05) is 5.32 Å². The molecule has 1 aromatic carbocycles. The van der Waals surface area contributed by atoms with Gasteiger partial charge in [0.15, 0.2) is 5.58 Å². The Morgan fingerprint density at radius 1 is 1.28 bits per heavy atom. The average Bonchev–Trinajstić information content (AvgIpc) is 2.96. The number of furan rings is 1. The Bertz CT molecular complexity index is 1010. The van der Waals surface area contributed by atoms with Gasteiger partial charge in [0.1, 0.15) is 11.9 Å². The highest BCUT2D eigenvalue weighted by Crippen LogP contribution is 2.30. The summed E-state index contributed by atoms with van der Waals surface area (Å²) in [7, 11) is 0. The van der Waals surface area contributed by atoms with Crippen molar-refractivity contribution in [3.8, 4) is 6.07 Å². The molecule has 6 heteroatoms. The maximum Gasteiger partial charge on any atom is 0.248 e. The van der Waals surface area contributed by atoms with Gasteiger partial charge < -0.3 is 15.5 Å². The van der Waals surface area contributed by atoms with Crippen molar-refractivity contribution < 1.29 is 9.21 Å². The first-order chi connectivity index (χ1) is 11.8. The molecular weight excluding hydrogens is 316 g/mol. The lowest BCUT2D eigenvalue weighted by molar-refractivity contribution is 0.0998. The lowest BCUT2D eigenvalue weighted by atomic mass is 9.83. The summed E-state index contributed by atoms with van der Waals surface area (Å²) in [5.74, 6) is 0.415. The van der Waals surface area contributed by atoms with Crippen LogP contribution in [0.2, 0.25) is 0 Å². The first kappa shape index (κ1) is 16.5. The minimum Gasteiger partial charge on any atom is -0.444 e. The number of primary amides is 1. The quantitative estimate of drug-likeness (QED) is 0.757. The molecule has 0 aliphatic heterocycles. The fourth-order valence-corrected chi connectivity index (χ4v) is 2.67. The van der Waals surface area contributed by atoms with Crippen molar-refractivity contribution in [2.24, 2.45) is 5.73 Å². The number of nitrogens with zero attached hydrogens (tertiary/aromatic N) is 2. The monoisotopic (exact) mass is 334 g/mol. The molecule has 3 rings (SSSR count). The highest BCUT2D eigenvalue weighted by molar-refractivity contribution is 5.95. The van der Waals surface area contributed by atoms with E-state index in [4.69, 9.17) is 15.4 Å². The second kappa shape index (κ2) is 5.95. The number of carbonyl (C=O) groups is 1. The molecule has 0 bridgehead atoms. The molecule has 0 spiro atoms. The highest BCUT2D eigenvalue weighted by Gasteiger charge is 2.21. The third-order valence-electron chi connectivity index (χ3n) is 3.88. The van der Waals surface area contributed by atoms with E-state index in [1.807, 2.05) is 32.9 Å². The van der Waals surface area contributed by atoms with E-state index in [-0.39, 0.29) is 11.2 Å². The highest BCUT2D eigenvalue weighted by atomic mass is 16.3. The number of pyridine rings is 1. The van der Waals surface area contributed by atoms with Crippen molar-refractivity contribution >= 4 is 28.4 Å². The number of aromatic nitrogens is 1. The number of nitriles is 1. The molecule has 0 aliphatic carbocycles. The fourth-order valence-electron chi connectivity index (χ4n) is 2.67. The zero-order valence-corrected chi connectivity index (χ0v) is 14.3. The van der Waals surface area contributed by atoms with Crippen molar-refractivity contribution in [1.29, 1.82) is 5.26 Å². The first-order valence-electron chi connectivity index (χ1n) is 7.79. The second-order valence-corrected chi connectivity index (χ2v) is 6.83. The van der Waals surface area contributed by atoms with Crippen LogP contribution < -0.4 is 11.1 Å². The maximum absolute atomic E-state index is 11.7. The van der Waals surface area contributed by atoms with Gasteiger partial charge in [-0.1, -0.05) is 20.8 Å². The van der Waals surface area contributed by atoms with Gasteiger partial charge in [-0.3, -0.25) is 4.79 Å². The van der Waals surface area contributed by atoms with E-state index >= 15 is 0 Å². The van der Waals surface area contributed by atoms with Crippen molar-refractivity contribution in [3.63, 3.8) is 0 Å². The summed E-state index contributed by atoms with van der Waals surface area (Å²) in [5, 5.41) is 12.9. The third-order valence-corrected chi connectivity index (χ3v) is 3.88. The minimum absolute atomic E-state index is 0.230. The Balaban J connectivity index is 1.98. The van der Waals surface area contributed by atoms with Crippen LogP contribution >= 0.6 is 0 Å². The molecule has 0 unspecified atom stereocenters. The molecule has 126 valence electrons. The molecule has 3 N–H and O–H groups in total. The number of amides is 1. The molecule has 0 aliphatic rings. The lowest BCUT2D eigenvalue weighted by Gasteiger charge is -2.23. The molecule has 2 heterocycles. The van der Waals surface area contributed by atoms with E-state index in [1.54, 1.807) is 30.5 Å². The molecule has 0 atom stereocenters. The predicted octanol–water partition coefficient (Wildman–Crippen LogP) is 3.84. The van der Waals surface area contributed by atoms with Gasteiger partial charge in [-0.2, -0.15) is 5.26 Å². The third kappa shape index (κ3) is 3.31. The number of nitrogens with two attached hydrogens (primary N) is 1. The van der Waals surface area contributed by atoms with Crippen LogP contribution in [0.1, 0.15) is 42.5 Å². The number of rotatable bonds is 3. The molecule has 6 nitrogen and oxygen atoms in total. The Morgan fingerprint density at radius 3 is 2.68 bits per heavy atom. The summed E-state index contributed by atoms with van der Waals surface area (Å²) >= 11 is 0. The van der Waals surface area contributed by atoms with E-state index < -0.39 is 5.91 Å². The van der Waals surface area contributed by atoms with Gasteiger partial charge in [0.25, 0.3) is 0 Å². The van der Waals surface area contributed by atoms with Gasteiger partial charge in [0.2, 0.25) is 11.7 Å². The molecule has 0 saturated heterocycles. The fraction of sp³-hybridized carbons (Fsp3) is 0.211. The van der Waals surface area contributed by atoms with Crippen molar-refractivity contribution in [3.05, 3.63) is 53.4 Å². The maximum atomic E-state index is 11.7. The summed E-state index contributed by atoms with van der Waals surface area (Å²) in [6, 6.07) is 10.8. The lowest BCUT2D eigenvalue weighted by Crippen LogP contribution is -2.21.